The Morgan fingerprint density at radius 1 is 1.41 bits per heavy atom. The van der Waals surface area contributed by atoms with E-state index in [4.69, 9.17) is 0 Å². The second-order valence-electron chi connectivity index (χ2n) is 3.42. The molecule has 0 radical (unpaired) electrons. The van der Waals surface area contributed by atoms with Crippen molar-refractivity contribution in [2.75, 3.05) is 5.32 Å². The van der Waals surface area contributed by atoms with E-state index in [1.807, 2.05) is 31.4 Å². The zero-order chi connectivity index (χ0) is 12.3. The molecule has 0 saturated carbocycles. The molecule has 1 N–H and O–H groups in total. The molecule has 1 amide bonds. The van der Waals surface area contributed by atoms with Crippen LogP contribution in [0.5, 0.6) is 0 Å². The first-order valence-corrected chi connectivity index (χ1v) is 6.68. The van der Waals surface area contributed by atoms with E-state index in [0.717, 1.165) is 9.88 Å². The molecule has 0 aliphatic carbocycles. The van der Waals surface area contributed by atoms with Crippen molar-refractivity contribution in [1.29, 1.82) is 0 Å². The Kier molecular flexibility index (Phi) is 3.65. The van der Waals surface area contributed by atoms with Crippen molar-refractivity contribution in [2.24, 2.45) is 0 Å². The lowest BCUT2D eigenvalue weighted by Crippen LogP contribution is -2.07. The number of hydrogen-bond donors (Lipinski definition) is 1. The van der Waals surface area contributed by atoms with E-state index in [1.165, 1.54) is 23.0 Å². The van der Waals surface area contributed by atoms with E-state index in [2.05, 4.69) is 15.5 Å². The summed E-state index contributed by atoms with van der Waals surface area (Å²) in [5.74, 6) is -0.186. The van der Waals surface area contributed by atoms with Crippen molar-refractivity contribution in [1.82, 2.24) is 10.2 Å². The van der Waals surface area contributed by atoms with Crippen molar-refractivity contribution in [3.8, 4) is 0 Å². The fourth-order valence-corrected chi connectivity index (χ4v) is 2.61. The molecule has 88 valence electrons. The van der Waals surface area contributed by atoms with Gasteiger partial charge < -0.3 is 0 Å². The molecule has 2 rings (SSSR count). The number of aryl methyl sites for hydroxylation is 2. The van der Waals surface area contributed by atoms with Gasteiger partial charge in [0.25, 0.3) is 0 Å². The summed E-state index contributed by atoms with van der Waals surface area (Å²) in [6.07, 6.45) is 3.32. The normalized spacial score (nSPS) is 10.9. The number of aromatic nitrogens is 2. The third kappa shape index (κ3) is 3.21. The fourth-order valence-electron chi connectivity index (χ4n) is 1.20. The number of rotatable bonds is 3. The number of thiophene rings is 1. The highest BCUT2D eigenvalue weighted by Gasteiger charge is 2.03. The summed E-state index contributed by atoms with van der Waals surface area (Å²) in [6, 6.07) is 2.02. The molecule has 0 bridgehead atoms. The maximum Gasteiger partial charge on any atom is 0.250 e. The third-order valence-electron chi connectivity index (χ3n) is 2.04. The summed E-state index contributed by atoms with van der Waals surface area (Å²) in [7, 11) is 0. The zero-order valence-electron chi connectivity index (χ0n) is 9.43. The van der Waals surface area contributed by atoms with Gasteiger partial charge in [-0.25, -0.2) is 0 Å². The predicted octanol–water partition coefficient (Wildman–Crippen LogP) is 2.87. The lowest BCUT2D eigenvalue weighted by molar-refractivity contribution is -0.111. The van der Waals surface area contributed by atoms with Crippen LogP contribution in [0.4, 0.5) is 5.13 Å². The average Bonchev–Trinajstić information content (AvgIpc) is 2.85. The highest BCUT2D eigenvalue weighted by Crippen LogP contribution is 2.17. The molecule has 6 heteroatoms. The standard InChI is InChI=1S/C11H11N3OS2/c1-7-5-6-16-9(7)3-4-10(15)12-11-14-13-8(2)17-11/h3-6H,1-2H3,(H,12,14,15). The summed E-state index contributed by atoms with van der Waals surface area (Å²) in [6.45, 7) is 3.86. The Bertz CT molecular complexity index is 557. The van der Waals surface area contributed by atoms with Gasteiger partial charge in [0.05, 0.1) is 0 Å². The minimum absolute atomic E-state index is 0.186. The second kappa shape index (κ2) is 5.20. The van der Waals surface area contributed by atoms with Gasteiger partial charge in [0.2, 0.25) is 11.0 Å². The minimum atomic E-state index is -0.186. The first-order chi connectivity index (χ1) is 8.15. The Morgan fingerprint density at radius 2 is 2.24 bits per heavy atom. The highest BCUT2D eigenvalue weighted by molar-refractivity contribution is 7.15. The SMILES string of the molecule is Cc1nnc(NC(=O)C=Cc2sccc2C)s1. The molecule has 0 spiro atoms. The second-order valence-corrected chi connectivity index (χ2v) is 5.55. The Hall–Kier alpha value is -1.53. The van der Waals surface area contributed by atoms with Crippen LogP contribution in [0.25, 0.3) is 6.08 Å². The van der Waals surface area contributed by atoms with Crippen molar-refractivity contribution < 1.29 is 4.79 Å². The smallest absolute Gasteiger partial charge is 0.250 e. The van der Waals surface area contributed by atoms with Crippen LogP contribution in [-0.2, 0) is 4.79 Å². The molecular formula is C11H11N3OS2. The van der Waals surface area contributed by atoms with E-state index in [-0.39, 0.29) is 5.91 Å². The summed E-state index contributed by atoms with van der Waals surface area (Å²) in [4.78, 5) is 12.7. The largest absolute Gasteiger partial charge is 0.297 e. The maximum absolute atomic E-state index is 11.6. The number of carbonyl (C=O) groups excluding carboxylic acids is 1. The lowest BCUT2D eigenvalue weighted by atomic mass is 10.3. The van der Waals surface area contributed by atoms with E-state index in [0.29, 0.717) is 5.13 Å². The lowest BCUT2D eigenvalue weighted by Gasteiger charge is -1.94. The number of amides is 1. The van der Waals surface area contributed by atoms with Crippen LogP contribution in [0, 0.1) is 13.8 Å². The summed E-state index contributed by atoms with van der Waals surface area (Å²) < 4.78 is 0. The Morgan fingerprint density at radius 3 is 2.82 bits per heavy atom. The molecule has 0 aromatic carbocycles. The van der Waals surface area contributed by atoms with Gasteiger partial charge in [0.15, 0.2) is 0 Å². The predicted molar refractivity (Wildman–Crippen MR) is 71.4 cm³/mol. The Labute approximate surface area is 107 Å². The first-order valence-electron chi connectivity index (χ1n) is 4.98. The minimum Gasteiger partial charge on any atom is -0.297 e. The number of hydrogen-bond acceptors (Lipinski definition) is 5. The molecule has 2 aromatic rings. The average molecular weight is 265 g/mol. The van der Waals surface area contributed by atoms with Crippen molar-refractivity contribution >= 4 is 39.8 Å². The molecule has 2 aromatic heterocycles. The monoisotopic (exact) mass is 265 g/mol. The molecule has 0 unspecified atom stereocenters. The van der Waals surface area contributed by atoms with Gasteiger partial charge >= 0.3 is 0 Å². The number of anilines is 1. The van der Waals surface area contributed by atoms with Gasteiger partial charge in [-0.2, -0.15) is 0 Å². The van der Waals surface area contributed by atoms with E-state index in [9.17, 15) is 4.79 Å². The molecule has 0 aliphatic rings. The van der Waals surface area contributed by atoms with Crippen LogP contribution in [0.15, 0.2) is 17.5 Å². The molecule has 2 heterocycles. The summed E-state index contributed by atoms with van der Waals surface area (Å²) in [5, 5.41) is 13.7. The van der Waals surface area contributed by atoms with Crippen molar-refractivity contribution in [2.45, 2.75) is 13.8 Å². The van der Waals surface area contributed by atoms with Crippen LogP contribution in [0.2, 0.25) is 0 Å². The van der Waals surface area contributed by atoms with Crippen molar-refractivity contribution in [3.05, 3.63) is 33.0 Å². The Balaban J connectivity index is 1.98. The van der Waals surface area contributed by atoms with E-state index < -0.39 is 0 Å². The quantitative estimate of drug-likeness (QED) is 0.868. The molecular weight excluding hydrogens is 254 g/mol. The number of carbonyl (C=O) groups is 1. The van der Waals surface area contributed by atoms with Gasteiger partial charge in [-0.15, -0.1) is 21.5 Å². The third-order valence-corrected chi connectivity index (χ3v) is 3.78. The van der Waals surface area contributed by atoms with Crippen LogP contribution in [-0.4, -0.2) is 16.1 Å². The van der Waals surface area contributed by atoms with Crippen LogP contribution < -0.4 is 5.32 Å². The first kappa shape index (κ1) is 11.9. The number of nitrogens with one attached hydrogen (secondary N) is 1. The maximum atomic E-state index is 11.6. The topological polar surface area (TPSA) is 54.9 Å². The molecule has 0 saturated heterocycles. The van der Waals surface area contributed by atoms with Crippen LogP contribution in [0.3, 0.4) is 0 Å². The van der Waals surface area contributed by atoms with Gasteiger partial charge in [0, 0.05) is 11.0 Å². The van der Waals surface area contributed by atoms with Gasteiger partial charge in [-0.1, -0.05) is 11.3 Å². The fraction of sp³-hybridized carbons (Fsp3) is 0.182. The van der Waals surface area contributed by atoms with E-state index >= 15 is 0 Å². The zero-order valence-corrected chi connectivity index (χ0v) is 11.1. The van der Waals surface area contributed by atoms with Crippen LogP contribution in [0.1, 0.15) is 15.4 Å². The van der Waals surface area contributed by atoms with Gasteiger partial charge in [-0.05, 0) is 36.9 Å². The molecule has 0 atom stereocenters. The molecule has 0 aliphatic heterocycles. The highest BCUT2D eigenvalue weighted by atomic mass is 32.1. The number of nitrogens with zero attached hydrogens (tertiary/aromatic N) is 2. The van der Waals surface area contributed by atoms with Gasteiger partial charge in [0.1, 0.15) is 5.01 Å². The molecule has 0 fully saturated rings. The summed E-state index contributed by atoms with van der Waals surface area (Å²) >= 11 is 2.97. The molecule has 4 nitrogen and oxygen atoms in total. The van der Waals surface area contributed by atoms with Crippen LogP contribution >= 0.6 is 22.7 Å². The summed E-state index contributed by atoms with van der Waals surface area (Å²) in [5.41, 5.74) is 1.17. The van der Waals surface area contributed by atoms with Gasteiger partial charge in [-0.3, -0.25) is 10.1 Å². The van der Waals surface area contributed by atoms with Crippen molar-refractivity contribution in [3.63, 3.8) is 0 Å². The molecule has 17 heavy (non-hydrogen) atoms. The van der Waals surface area contributed by atoms with E-state index in [1.54, 1.807) is 11.3 Å².